The molecule has 2 amide bonds. The average Bonchev–Trinajstić information content (AvgIpc) is 2.36. The third kappa shape index (κ3) is 3.22. The van der Waals surface area contributed by atoms with E-state index in [2.05, 4.69) is 10.6 Å². The first kappa shape index (κ1) is 12.9. The third-order valence-electron chi connectivity index (χ3n) is 2.52. The standard InChI is InChI=1S/C14H13FN2O2/c1-9-6-7-12(13(18)8-9)17-14(19)16-11-5-3-2-4-10(11)15/h2-8,18H,1H3,(H2,16,17,19). The second-order valence-electron chi connectivity index (χ2n) is 4.08. The molecule has 0 radical (unpaired) electrons. The number of carbonyl (C=O) groups is 1. The van der Waals surface area contributed by atoms with Crippen LogP contribution in [0.3, 0.4) is 0 Å². The van der Waals surface area contributed by atoms with Crippen molar-refractivity contribution >= 4 is 17.4 Å². The first-order chi connectivity index (χ1) is 9.06. The molecule has 2 aromatic carbocycles. The number of phenols is 1. The maximum atomic E-state index is 13.3. The Hall–Kier alpha value is -2.56. The smallest absolute Gasteiger partial charge is 0.323 e. The van der Waals surface area contributed by atoms with E-state index < -0.39 is 11.8 Å². The maximum Gasteiger partial charge on any atom is 0.323 e. The minimum atomic E-state index is -0.621. The highest BCUT2D eigenvalue weighted by Crippen LogP contribution is 2.24. The Morgan fingerprint density at radius 3 is 2.47 bits per heavy atom. The number of para-hydroxylation sites is 1. The lowest BCUT2D eigenvalue weighted by atomic mass is 10.2. The third-order valence-corrected chi connectivity index (χ3v) is 2.52. The molecular weight excluding hydrogens is 247 g/mol. The van der Waals surface area contributed by atoms with Gasteiger partial charge in [0.05, 0.1) is 11.4 Å². The fourth-order valence-electron chi connectivity index (χ4n) is 1.59. The first-order valence-electron chi connectivity index (χ1n) is 5.68. The molecule has 0 saturated carbocycles. The summed E-state index contributed by atoms with van der Waals surface area (Å²) in [5.41, 5.74) is 1.21. The number of urea groups is 1. The topological polar surface area (TPSA) is 61.4 Å². The van der Waals surface area contributed by atoms with Gasteiger partial charge in [-0.2, -0.15) is 0 Å². The van der Waals surface area contributed by atoms with E-state index in [1.54, 1.807) is 18.2 Å². The van der Waals surface area contributed by atoms with E-state index in [-0.39, 0.29) is 17.1 Å². The summed E-state index contributed by atoms with van der Waals surface area (Å²) in [6, 6.07) is 10.1. The molecule has 0 aliphatic carbocycles. The molecule has 0 aliphatic heterocycles. The van der Waals surface area contributed by atoms with E-state index >= 15 is 0 Å². The van der Waals surface area contributed by atoms with Gasteiger partial charge in [0.15, 0.2) is 0 Å². The van der Waals surface area contributed by atoms with Crippen molar-refractivity contribution in [2.45, 2.75) is 6.92 Å². The van der Waals surface area contributed by atoms with Gasteiger partial charge in [0.25, 0.3) is 0 Å². The first-order valence-corrected chi connectivity index (χ1v) is 5.68. The molecule has 0 atom stereocenters. The zero-order valence-corrected chi connectivity index (χ0v) is 10.3. The number of aryl methyl sites for hydroxylation is 1. The van der Waals surface area contributed by atoms with E-state index in [1.165, 1.54) is 24.3 Å². The normalized spacial score (nSPS) is 10.0. The van der Waals surface area contributed by atoms with Crippen molar-refractivity contribution in [2.75, 3.05) is 10.6 Å². The number of hydrogen-bond donors (Lipinski definition) is 3. The number of anilines is 2. The number of hydrogen-bond acceptors (Lipinski definition) is 2. The van der Waals surface area contributed by atoms with E-state index in [4.69, 9.17) is 0 Å². The molecule has 5 heteroatoms. The Morgan fingerprint density at radius 2 is 1.79 bits per heavy atom. The van der Waals surface area contributed by atoms with Crippen molar-refractivity contribution in [1.29, 1.82) is 0 Å². The molecule has 3 N–H and O–H groups in total. The van der Waals surface area contributed by atoms with Gasteiger partial charge in [-0.05, 0) is 36.8 Å². The van der Waals surface area contributed by atoms with Crippen molar-refractivity contribution in [3.63, 3.8) is 0 Å². The van der Waals surface area contributed by atoms with Gasteiger partial charge in [0.1, 0.15) is 11.6 Å². The molecule has 0 saturated heterocycles. The SMILES string of the molecule is Cc1ccc(NC(=O)Nc2ccccc2F)c(O)c1. The fraction of sp³-hybridized carbons (Fsp3) is 0.0714. The van der Waals surface area contributed by atoms with Gasteiger partial charge in [0.2, 0.25) is 0 Å². The van der Waals surface area contributed by atoms with Crippen molar-refractivity contribution in [3.05, 3.63) is 53.8 Å². The molecule has 2 aromatic rings. The van der Waals surface area contributed by atoms with Crippen LogP contribution >= 0.6 is 0 Å². The van der Waals surface area contributed by atoms with Crippen LogP contribution in [0.2, 0.25) is 0 Å². The van der Waals surface area contributed by atoms with Crippen molar-refractivity contribution in [1.82, 2.24) is 0 Å². The largest absolute Gasteiger partial charge is 0.506 e. The lowest BCUT2D eigenvalue weighted by molar-refractivity contribution is 0.262. The number of aromatic hydroxyl groups is 1. The van der Waals surface area contributed by atoms with E-state index in [1.807, 2.05) is 6.92 Å². The second kappa shape index (κ2) is 5.39. The summed E-state index contributed by atoms with van der Waals surface area (Å²) < 4.78 is 13.3. The van der Waals surface area contributed by atoms with E-state index in [9.17, 15) is 14.3 Å². The number of phenolic OH excluding ortho intramolecular Hbond substituents is 1. The lowest BCUT2D eigenvalue weighted by Gasteiger charge is -2.10. The number of benzene rings is 2. The van der Waals surface area contributed by atoms with Crippen LogP contribution in [0.15, 0.2) is 42.5 Å². The highest BCUT2D eigenvalue weighted by atomic mass is 19.1. The molecule has 0 unspecified atom stereocenters. The highest BCUT2D eigenvalue weighted by Gasteiger charge is 2.08. The summed E-state index contributed by atoms with van der Waals surface area (Å²) in [6.07, 6.45) is 0. The van der Waals surface area contributed by atoms with Crippen LogP contribution < -0.4 is 10.6 Å². The van der Waals surface area contributed by atoms with Crippen LogP contribution in [0.25, 0.3) is 0 Å². The molecule has 4 nitrogen and oxygen atoms in total. The van der Waals surface area contributed by atoms with Crippen LogP contribution in [-0.2, 0) is 0 Å². The number of halogens is 1. The molecule has 0 fully saturated rings. The zero-order chi connectivity index (χ0) is 13.8. The molecule has 0 aromatic heterocycles. The summed E-state index contributed by atoms with van der Waals surface area (Å²) in [6.45, 7) is 1.82. The Kier molecular flexibility index (Phi) is 3.66. The van der Waals surface area contributed by atoms with Crippen LogP contribution in [0.1, 0.15) is 5.56 Å². The van der Waals surface area contributed by atoms with Crippen molar-refractivity contribution in [2.24, 2.45) is 0 Å². The summed E-state index contributed by atoms with van der Waals surface area (Å²) in [4.78, 5) is 11.7. The van der Waals surface area contributed by atoms with Gasteiger partial charge < -0.3 is 15.7 Å². The average molecular weight is 260 g/mol. The van der Waals surface area contributed by atoms with Crippen LogP contribution in [-0.4, -0.2) is 11.1 Å². The Morgan fingerprint density at radius 1 is 1.11 bits per heavy atom. The minimum Gasteiger partial charge on any atom is -0.506 e. The lowest BCUT2D eigenvalue weighted by Crippen LogP contribution is -2.20. The molecule has 0 heterocycles. The van der Waals surface area contributed by atoms with Gasteiger partial charge in [-0.25, -0.2) is 9.18 Å². The second-order valence-corrected chi connectivity index (χ2v) is 4.08. The number of rotatable bonds is 2. The van der Waals surface area contributed by atoms with Crippen LogP contribution in [0, 0.1) is 12.7 Å². The molecule has 0 spiro atoms. The summed E-state index contributed by atoms with van der Waals surface area (Å²) in [5, 5.41) is 14.5. The summed E-state index contributed by atoms with van der Waals surface area (Å²) >= 11 is 0. The van der Waals surface area contributed by atoms with Crippen LogP contribution in [0.5, 0.6) is 5.75 Å². The molecule has 0 bridgehead atoms. The summed E-state index contributed by atoms with van der Waals surface area (Å²) in [5.74, 6) is -0.561. The Balaban J connectivity index is 2.08. The van der Waals surface area contributed by atoms with Gasteiger partial charge in [0, 0.05) is 0 Å². The fourth-order valence-corrected chi connectivity index (χ4v) is 1.59. The molecular formula is C14H13FN2O2. The van der Waals surface area contributed by atoms with Gasteiger partial charge in [-0.15, -0.1) is 0 Å². The maximum absolute atomic E-state index is 13.3. The van der Waals surface area contributed by atoms with Crippen molar-refractivity contribution in [3.8, 4) is 5.75 Å². The van der Waals surface area contributed by atoms with E-state index in [0.29, 0.717) is 0 Å². The monoisotopic (exact) mass is 260 g/mol. The molecule has 19 heavy (non-hydrogen) atoms. The van der Waals surface area contributed by atoms with Crippen LogP contribution in [0.4, 0.5) is 20.6 Å². The highest BCUT2D eigenvalue weighted by molar-refractivity contribution is 6.00. The quantitative estimate of drug-likeness (QED) is 0.724. The number of carbonyl (C=O) groups excluding carboxylic acids is 1. The van der Waals surface area contributed by atoms with E-state index in [0.717, 1.165) is 5.56 Å². The predicted molar refractivity (Wildman–Crippen MR) is 71.9 cm³/mol. The zero-order valence-electron chi connectivity index (χ0n) is 10.3. The number of nitrogens with one attached hydrogen (secondary N) is 2. The molecule has 0 aliphatic rings. The van der Waals surface area contributed by atoms with Crippen molar-refractivity contribution < 1.29 is 14.3 Å². The molecule has 98 valence electrons. The molecule has 2 rings (SSSR count). The summed E-state index contributed by atoms with van der Waals surface area (Å²) in [7, 11) is 0. The van der Waals surface area contributed by atoms with Gasteiger partial charge in [-0.1, -0.05) is 18.2 Å². The van der Waals surface area contributed by atoms with Gasteiger partial charge >= 0.3 is 6.03 Å². The number of amides is 2. The Bertz CT molecular complexity index is 614. The Labute approximate surface area is 109 Å². The van der Waals surface area contributed by atoms with Gasteiger partial charge in [-0.3, -0.25) is 0 Å². The minimum absolute atomic E-state index is 0.0383. The predicted octanol–water partition coefficient (Wildman–Crippen LogP) is 3.48.